The molecule has 0 saturated heterocycles. The van der Waals surface area contributed by atoms with Gasteiger partial charge < -0.3 is 4.74 Å². The van der Waals surface area contributed by atoms with Crippen LogP contribution in [0.2, 0.25) is 0 Å². The molecule has 2 nitrogen and oxygen atoms in total. The van der Waals surface area contributed by atoms with Gasteiger partial charge in [0.2, 0.25) is 0 Å². The number of hydrogen-bond donors (Lipinski definition) is 0. The molecule has 1 rings (SSSR count). The summed E-state index contributed by atoms with van der Waals surface area (Å²) in [6.07, 6.45) is 0.0515. The molecule has 0 unspecified atom stereocenters. The minimum atomic E-state index is -2.92. The molecule has 1 aromatic carbocycles. The number of ketones is 1. The van der Waals surface area contributed by atoms with E-state index in [1.54, 1.807) is 12.1 Å². The van der Waals surface area contributed by atoms with Crippen molar-refractivity contribution in [3.63, 3.8) is 0 Å². The predicted molar refractivity (Wildman–Crippen MR) is 65.1 cm³/mol. The zero-order chi connectivity index (χ0) is 12.8. The summed E-state index contributed by atoms with van der Waals surface area (Å²) in [6.45, 7) is -2.92. The fraction of sp³-hybridized carbons (Fsp3) is 0.364. The fourth-order valence-corrected chi connectivity index (χ4v) is 1.66. The highest BCUT2D eigenvalue weighted by atomic mass is 79.9. The van der Waals surface area contributed by atoms with Gasteiger partial charge in [-0.05, 0) is 11.6 Å². The van der Waals surface area contributed by atoms with Crippen molar-refractivity contribution in [3.05, 3.63) is 29.3 Å². The van der Waals surface area contributed by atoms with Gasteiger partial charge in [0, 0.05) is 17.9 Å². The van der Waals surface area contributed by atoms with Gasteiger partial charge in [0.05, 0.1) is 5.33 Å². The molecule has 17 heavy (non-hydrogen) atoms. The quantitative estimate of drug-likeness (QED) is 0.747. The fourth-order valence-electron chi connectivity index (χ4n) is 1.29. The molecule has 0 radical (unpaired) electrons. The Balaban J connectivity index is 2.97. The molecule has 1 aromatic rings. The smallest absolute Gasteiger partial charge is 0.387 e. The Bertz CT molecular complexity index is 399. The van der Waals surface area contributed by atoms with Gasteiger partial charge in [-0.2, -0.15) is 8.78 Å². The Morgan fingerprint density at radius 3 is 2.71 bits per heavy atom. The molecule has 0 aliphatic heterocycles. The lowest BCUT2D eigenvalue weighted by Crippen LogP contribution is -2.09. The first-order valence-electron chi connectivity index (χ1n) is 4.77. The van der Waals surface area contributed by atoms with Gasteiger partial charge >= 0.3 is 6.61 Å². The van der Waals surface area contributed by atoms with Crippen molar-refractivity contribution in [3.8, 4) is 5.75 Å². The summed E-state index contributed by atoms with van der Waals surface area (Å²) >= 11 is 8.62. The lowest BCUT2D eigenvalue weighted by Gasteiger charge is -2.11. The van der Waals surface area contributed by atoms with Crippen LogP contribution in [0.5, 0.6) is 5.75 Å². The Morgan fingerprint density at radius 1 is 1.47 bits per heavy atom. The first kappa shape index (κ1) is 14.4. The van der Waals surface area contributed by atoms with Crippen molar-refractivity contribution in [2.45, 2.75) is 18.9 Å². The van der Waals surface area contributed by atoms with E-state index in [1.165, 1.54) is 6.07 Å². The van der Waals surface area contributed by atoms with E-state index in [0.717, 1.165) is 0 Å². The largest absolute Gasteiger partial charge is 0.435 e. The number of Topliss-reactive ketones (excluding diaryl/α,β-unsaturated/α-hetero) is 1. The molecule has 0 amide bonds. The van der Waals surface area contributed by atoms with Crippen LogP contribution in [0.15, 0.2) is 18.2 Å². The summed E-state index contributed by atoms with van der Waals surface area (Å²) in [5.41, 5.74) is 1.10. The number of benzene rings is 1. The van der Waals surface area contributed by atoms with Gasteiger partial charge in [-0.15, -0.1) is 11.6 Å². The molecule has 0 N–H and O–H groups in total. The third kappa shape index (κ3) is 4.60. The summed E-state index contributed by atoms with van der Waals surface area (Å²) in [7, 11) is 0. The Kier molecular flexibility index (Phi) is 5.85. The summed E-state index contributed by atoms with van der Waals surface area (Å²) in [4.78, 5) is 11.3. The summed E-state index contributed by atoms with van der Waals surface area (Å²) in [5, 5.41) is 0.179. The average Bonchev–Trinajstić information content (AvgIpc) is 2.30. The second-order valence-corrected chi connectivity index (χ2v) is 4.13. The molecule has 0 aromatic heterocycles. The highest BCUT2D eigenvalue weighted by Gasteiger charge is 2.13. The molecular weight excluding hydrogens is 317 g/mol. The maximum atomic E-state index is 12.2. The van der Waals surface area contributed by atoms with Crippen molar-refractivity contribution < 1.29 is 18.3 Å². The summed E-state index contributed by atoms with van der Waals surface area (Å²) < 4.78 is 28.8. The third-order valence-electron chi connectivity index (χ3n) is 2.04. The third-order valence-corrected chi connectivity index (χ3v) is 2.97. The second-order valence-electron chi connectivity index (χ2n) is 3.30. The molecule has 6 heteroatoms. The van der Waals surface area contributed by atoms with Crippen LogP contribution >= 0.6 is 27.5 Å². The van der Waals surface area contributed by atoms with Crippen LogP contribution < -0.4 is 4.74 Å². The van der Waals surface area contributed by atoms with E-state index in [9.17, 15) is 13.6 Å². The van der Waals surface area contributed by atoms with Crippen LogP contribution in [0.1, 0.15) is 11.1 Å². The van der Waals surface area contributed by atoms with Crippen LogP contribution in [0.4, 0.5) is 8.78 Å². The molecule has 0 heterocycles. The molecule has 94 valence electrons. The highest BCUT2D eigenvalue weighted by Crippen LogP contribution is 2.24. The maximum absolute atomic E-state index is 12.2. The van der Waals surface area contributed by atoms with Crippen molar-refractivity contribution in [2.75, 3.05) is 5.33 Å². The van der Waals surface area contributed by atoms with E-state index in [1.807, 2.05) is 0 Å². The predicted octanol–water partition coefficient (Wildman–Crippen LogP) is 3.53. The second kappa shape index (κ2) is 6.91. The van der Waals surface area contributed by atoms with E-state index >= 15 is 0 Å². The number of carbonyl (C=O) groups excluding carboxylic acids is 1. The van der Waals surface area contributed by atoms with Crippen molar-refractivity contribution >= 4 is 33.3 Å². The van der Waals surface area contributed by atoms with Crippen molar-refractivity contribution in [1.29, 1.82) is 0 Å². The highest BCUT2D eigenvalue weighted by molar-refractivity contribution is 9.09. The molecule has 0 saturated carbocycles. The zero-order valence-electron chi connectivity index (χ0n) is 8.76. The van der Waals surface area contributed by atoms with Gasteiger partial charge in [-0.3, -0.25) is 4.79 Å². The summed E-state index contributed by atoms with van der Waals surface area (Å²) in [5.74, 6) is 0.0990. The van der Waals surface area contributed by atoms with E-state index in [-0.39, 0.29) is 29.2 Å². The van der Waals surface area contributed by atoms with E-state index in [2.05, 4.69) is 20.7 Å². The van der Waals surface area contributed by atoms with Crippen LogP contribution in [-0.2, 0) is 17.1 Å². The van der Waals surface area contributed by atoms with Gasteiger partial charge in [0.1, 0.15) is 11.5 Å². The SMILES string of the molecule is O=C(CBr)Cc1ccc(CCl)cc1OC(F)F. The zero-order valence-corrected chi connectivity index (χ0v) is 11.1. The Labute approximate surface area is 111 Å². The minimum absolute atomic E-state index is 0.00690. The maximum Gasteiger partial charge on any atom is 0.387 e. The van der Waals surface area contributed by atoms with E-state index in [4.69, 9.17) is 11.6 Å². The van der Waals surface area contributed by atoms with Crippen LogP contribution in [-0.4, -0.2) is 17.7 Å². The number of ether oxygens (including phenoxy) is 1. The monoisotopic (exact) mass is 326 g/mol. The van der Waals surface area contributed by atoms with E-state index in [0.29, 0.717) is 11.1 Å². The van der Waals surface area contributed by atoms with Crippen molar-refractivity contribution in [1.82, 2.24) is 0 Å². The minimum Gasteiger partial charge on any atom is -0.435 e. The lowest BCUT2D eigenvalue weighted by molar-refractivity contribution is -0.116. The standard InChI is InChI=1S/C11H10BrClF2O2/c12-5-9(16)4-8-2-1-7(6-13)3-10(8)17-11(14)15/h1-3,11H,4-6H2. The molecule has 0 spiro atoms. The molecule has 0 bridgehead atoms. The Morgan fingerprint density at radius 2 is 2.18 bits per heavy atom. The van der Waals surface area contributed by atoms with E-state index < -0.39 is 6.61 Å². The normalized spacial score (nSPS) is 10.6. The molecule has 0 aliphatic rings. The number of alkyl halides is 4. The van der Waals surface area contributed by atoms with Crippen LogP contribution in [0.3, 0.4) is 0 Å². The Hall–Kier alpha value is -0.680. The van der Waals surface area contributed by atoms with Gasteiger partial charge in [0.25, 0.3) is 0 Å². The molecule has 0 fully saturated rings. The molecule has 0 atom stereocenters. The average molecular weight is 328 g/mol. The number of rotatable bonds is 6. The van der Waals surface area contributed by atoms with Crippen molar-refractivity contribution in [2.24, 2.45) is 0 Å². The first-order chi connectivity index (χ1) is 8.06. The number of hydrogen-bond acceptors (Lipinski definition) is 2. The first-order valence-corrected chi connectivity index (χ1v) is 6.42. The lowest BCUT2D eigenvalue weighted by atomic mass is 10.1. The van der Waals surface area contributed by atoms with Gasteiger partial charge in [-0.1, -0.05) is 28.1 Å². The number of halogens is 4. The molecule has 0 aliphatic carbocycles. The summed E-state index contributed by atoms with van der Waals surface area (Å²) in [6, 6.07) is 4.69. The topological polar surface area (TPSA) is 26.3 Å². The molecular formula is C11H10BrClF2O2. The van der Waals surface area contributed by atoms with Gasteiger partial charge in [0.15, 0.2) is 0 Å². The van der Waals surface area contributed by atoms with Crippen LogP contribution in [0.25, 0.3) is 0 Å². The van der Waals surface area contributed by atoms with Crippen LogP contribution in [0, 0.1) is 0 Å². The number of carbonyl (C=O) groups is 1. The van der Waals surface area contributed by atoms with Gasteiger partial charge in [-0.25, -0.2) is 0 Å².